The quantitative estimate of drug-likeness (QED) is 0.281. The number of urea groups is 1. The van der Waals surface area contributed by atoms with Gasteiger partial charge in [-0.2, -0.15) is 0 Å². The summed E-state index contributed by atoms with van der Waals surface area (Å²) >= 11 is 0. The van der Waals surface area contributed by atoms with E-state index in [0.717, 1.165) is 16.8 Å². The van der Waals surface area contributed by atoms with Gasteiger partial charge in [-0.25, -0.2) is 19.0 Å². The van der Waals surface area contributed by atoms with Gasteiger partial charge in [0.05, 0.1) is 32.1 Å². The van der Waals surface area contributed by atoms with E-state index < -0.39 is 17.5 Å². The van der Waals surface area contributed by atoms with E-state index in [-0.39, 0.29) is 30.3 Å². The molecule has 2 N–H and O–H groups in total. The smallest absolute Gasteiger partial charge is 0.407 e. The number of benzene rings is 2. The second-order valence-electron chi connectivity index (χ2n) is 12.5. The number of halogens is 1. The van der Waals surface area contributed by atoms with Crippen LogP contribution < -0.4 is 29.9 Å². The zero-order valence-electron chi connectivity index (χ0n) is 26.8. The van der Waals surface area contributed by atoms with E-state index in [0.29, 0.717) is 55.1 Å². The van der Waals surface area contributed by atoms with Gasteiger partial charge in [0.25, 0.3) is 0 Å². The first kappa shape index (κ1) is 31.9. The van der Waals surface area contributed by atoms with Gasteiger partial charge in [0.2, 0.25) is 0 Å². The third kappa shape index (κ3) is 7.24. The van der Waals surface area contributed by atoms with Crippen LogP contribution in [0.1, 0.15) is 63.1 Å². The molecule has 0 unspecified atom stereocenters. The summed E-state index contributed by atoms with van der Waals surface area (Å²) in [6, 6.07) is 11.8. The maximum Gasteiger partial charge on any atom is 0.407 e. The SMILES string of the molecule is COc1ccc(CNc2cc3c(cn2)CN(c2c(C)cccc2F)C(=O)N3[C@H]2CC[C@@H](NC(=O)OC(C)(C)C)CC2)c(OC)c1. The molecule has 3 aromatic rings. The van der Waals surface area contributed by atoms with Crippen molar-refractivity contribution in [1.82, 2.24) is 10.3 Å². The highest BCUT2D eigenvalue weighted by molar-refractivity contribution is 6.07. The van der Waals surface area contributed by atoms with Gasteiger partial charge in [-0.3, -0.25) is 9.80 Å². The molecule has 2 heterocycles. The molecule has 0 radical (unpaired) electrons. The maximum absolute atomic E-state index is 15.2. The number of amides is 3. The van der Waals surface area contributed by atoms with E-state index in [1.807, 2.05) is 45.0 Å². The lowest BCUT2D eigenvalue weighted by atomic mass is 9.89. The second kappa shape index (κ2) is 13.2. The molecule has 45 heavy (non-hydrogen) atoms. The van der Waals surface area contributed by atoms with Gasteiger partial charge < -0.3 is 24.8 Å². The average Bonchev–Trinajstić information content (AvgIpc) is 2.99. The number of anilines is 3. The summed E-state index contributed by atoms with van der Waals surface area (Å²) in [4.78, 5) is 34.6. The normalized spacial score (nSPS) is 18.2. The lowest BCUT2D eigenvalue weighted by Crippen LogP contribution is -2.54. The Morgan fingerprint density at radius 3 is 2.49 bits per heavy atom. The molecule has 1 aliphatic heterocycles. The Hall–Kier alpha value is -4.54. The number of aromatic nitrogens is 1. The molecule has 1 aliphatic carbocycles. The third-order valence-corrected chi connectivity index (χ3v) is 8.18. The number of pyridine rings is 1. The molecule has 5 rings (SSSR count). The van der Waals surface area contributed by atoms with Crippen LogP contribution >= 0.6 is 0 Å². The summed E-state index contributed by atoms with van der Waals surface area (Å²) in [5.41, 5.74) is 2.84. The lowest BCUT2D eigenvalue weighted by Gasteiger charge is -2.43. The van der Waals surface area contributed by atoms with Crippen molar-refractivity contribution in [2.24, 2.45) is 0 Å². The Balaban J connectivity index is 1.41. The highest BCUT2D eigenvalue weighted by Gasteiger charge is 2.39. The number of aryl methyl sites for hydroxylation is 1. The summed E-state index contributed by atoms with van der Waals surface area (Å²) in [5, 5.41) is 6.34. The Bertz CT molecular complexity index is 1530. The first-order valence-electron chi connectivity index (χ1n) is 15.3. The summed E-state index contributed by atoms with van der Waals surface area (Å²) in [7, 11) is 3.22. The number of hydrogen-bond acceptors (Lipinski definition) is 7. The molecule has 1 fully saturated rings. The number of methoxy groups -OCH3 is 2. The van der Waals surface area contributed by atoms with Crippen molar-refractivity contribution in [2.75, 3.05) is 29.3 Å². The van der Waals surface area contributed by atoms with E-state index in [9.17, 15) is 9.59 Å². The topological polar surface area (TPSA) is 105 Å². The molecule has 0 saturated heterocycles. The lowest BCUT2D eigenvalue weighted by molar-refractivity contribution is 0.0491. The van der Waals surface area contributed by atoms with Crippen molar-refractivity contribution in [3.63, 3.8) is 0 Å². The fourth-order valence-electron chi connectivity index (χ4n) is 6.02. The highest BCUT2D eigenvalue weighted by Crippen LogP contribution is 2.39. The summed E-state index contributed by atoms with van der Waals surface area (Å²) in [5.74, 6) is 1.53. The number of carbonyl (C=O) groups is 2. The van der Waals surface area contributed by atoms with Gasteiger partial charge in [0.1, 0.15) is 28.7 Å². The first-order valence-corrected chi connectivity index (χ1v) is 15.3. The molecule has 2 aromatic carbocycles. The zero-order valence-corrected chi connectivity index (χ0v) is 26.8. The molecular weight excluding hydrogens is 577 g/mol. The van der Waals surface area contributed by atoms with E-state index >= 15 is 4.39 Å². The van der Waals surface area contributed by atoms with E-state index in [1.54, 1.807) is 44.4 Å². The highest BCUT2D eigenvalue weighted by atomic mass is 19.1. The number of ether oxygens (including phenoxy) is 3. The largest absolute Gasteiger partial charge is 0.497 e. The van der Waals surface area contributed by atoms with Crippen LogP contribution in [0.5, 0.6) is 11.5 Å². The Morgan fingerprint density at radius 1 is 1.07 bits per heavy atom. The van der Waals surface area contributed by atoms with Crippen LogP contribution in [-0.4, -0.2) is 49.0 Å². The zero-order chi connectivity index (χ0) is 32.3. The van der Waals surface area contributed by atoms with Crippen molar-refractivity contribution in [3.05, 3.63) is 71.2 Å². The molecule has 0 spiro atoms. The molecule has 0 atom stereocenters. The van der Waals surface area contributed by atoms with E-state index in [2.05, 4.69) is 15.6 Å². The Labute approximate surface area is 263 Å². The third-order valence-electron chi connectivity index (χ3n) is 8.18. The van der Waals surface area contributed by atoms with Crippen LogP contribution in [0.4, 0.5) is 31.2 Å². The van der Waals surface area contributed by atoms with Crippen LogP contribution in [-0.2, 0) is 17.8 Å². The number of nitrogens with one attached hydrogen (secondary N) is 2. The van der Waals surface area contributed by atoms with Gasteiger partial charge in [-0.15, -0.1) is 0 Å². The van der Waals surface area contributed by atoms with Gasteiger partial charge in [0.15, 0.2) is 0 Å². The second-order valence-corrected chi connectivity index (χ2v) is 12.5. The van der Waals surface area contributed by atoms with Gasteiger partial charge in [-0.05, 0) is 77.1 Å². The minimum atomic E-state index is -0.586. The molecule has 240 valence electrons. The molecule has 11 heteroatoms. The van der Waals surface area contributed by atoms with Crippen molar-refractivity contribution >= 4 is 29.3 Å². The monoisotopic (exact) mass is 619 g/mol. The molecule has 3 amide bonds. The van der Waals surface area contributed by atoms with Crippen molar-refractivity contribution in [2.45, 2.75) is 84.2 Å². The number of rotatable bonds is 8. The standard InChI is InChI=1S/C34H42FN5O5/c1-21-8-7-9-27(35)31(21)39-20-23-19-37-30(36-18-22-10-15-26(43-5)16-29(22)44-6)17-28(23)40(33(39)42)25-13-11-24(12-14-25)38-32(41)45-34(2,3)4/h7-10,15-17,19,24-25H,11-14,18,20H2,1-6H3,(H,36,37)(H,38,41)/t24-,25+. The van der Waals surface area contributed by atoms with Crippen LogP contribution in [0.15, 0.2) is 48.7 Å². The molecular formula is C34H42FN5O5. The van der Waals surface area contributed by atoms with E-state index in [1.165, 1.54) is 11.0 Å². The molecule has 2 aliphatic rings. The first-order chi connectivity index (χ1) is 21.5. The summed E-state index contributed by atoms with van der Waals surface area (Å²) < 4.78 is 31.5. The molecule has 1 aromatic heterocycles. The summed E-state index contributed by atoms with van der Waals surface area (Å²) in [6.45, 7) is 7.93. The Morgan fingerprint density at radius 2 is 1.82 bits per heavy atom. The number of nitrogens with zero attached hydrogens (tertiary/aromatic N) is 3. The average molecular weight is 620 g/mol. The fraction of sp³-hybridized carbons (Fsp3) is 0.441. The van der Waals surface area contributed by atoms with Gasteiger partial charge >= 0.3 is 12.1 Å². The Kier molecular flexibility index (Phi) is 9.36. The van der Waals surface area contributed by atoms with Gasteiger partial charge in [-0.1, -0.05) is 12.1 Å². The predicted octanol–water partition coefficient (Wildman–Crippen LogP) is 6.94. The van der Waals surface area contributed by atoms with Crippen LogP contribution in [0.3, 0.4) is 0 Å². The fourth-order valence-corrected chi connectivity index (χ4v) is 6.02. The molecule has 1 saturated carbocycles. The van der Waals surface area contributed by atoms with Crippen molar-refractivity contribution in [1.29, 1.82) is 0 Å². The van der Waals surface area contributed by atoms with Crippen LogP contribution in [0.25, 0.3) is 0 Å². The number of alkyl carbamates (subject to hydrolysis) is 1. The minimum absolute atomic E-state index is 0.0606. The number of hydrogen-bond donors (Lipinski definition) is 2. The number of fused-ring (bicyclic) bond motifs is 1. The van der Waals surface area contributed by atoms with Gasteiger partial charge in [0, 0.05) is 48.1 Å². The maximum atomic E-state index is 15.2. The minimum Gasteiger partial charge on any atom is -0.497 e. The molecule has 0 bridgehead atoms. The van der Waals surface area contributed by atoms with Crippen molar-refractivity contribution < 1.29 is 28.2 Å². The predicted molar refractivity (Wildman–Crippen MR) is 172 cm³/mol. The van der Waals surface area contributed by atoms with Crippen LogP contribution in [0, 0.1) is 12.7 Å². The van der Waals surface area contributed by atoms with E-state index in [4.69, 9.17) is 14.2 Å². The number of carbonyl (C=O) groups excluding carboxylic acids is 2. The van der Waals surface area contributed by atoms with Crippen molar-refractivity contribution in [3.8, 4) is 11.5 Å². The van der Waals surface area contributed by atoms with Crippen LogP contribution in [0.2, 0.25) is 0 Å². The summed E-state index contributed by atoms with van der Waals surface area (Å²) in [6.07, 6.45) is 3.97. The number of para-hydroxylation sites is 1. The molecule has 10 nitrogen and oxygen atoms in total.